The van der Waals surface area contributed by atoms with Gasteiger partial charge in [0.15, 0.2) is 0 Å². The van der Waals surface area contributed by atoms with Gasteiger partial charge in [-0.1, -0.05) is 0 Å². The summed E-state index contributed by atoms with van der Waals surface area (Å²) in [6, 6.07) is 0. The third-order valence-electron chi connectivity index (χ3n) is 4.72. The summed E-state index contributed by atoms with van der Waals surface area (Å²) in [6.07, 6.45) is 3.97. The van der Waals surface area contributed by atoms with Crippen molar-refractivity contribution in [1.82, 2.24) is 15.3 Å². The zero-order valence-electron chi connectivity index (χ0n) is 13.0. The second-order valence-corrected chi connectivity index (χ2v) is 5.99. The SMILES string of the molecule is COC(=O)c1cncnc1N1CC[C@H](O)[C@@]2(CCCNC2=O)C1. The molecule has 2 atom stereocenters. The van der Waals surface area contributed by atoms with Gasteiger partial charge in [0.1, 0.15) is 17.7 Å². The molecule has 1 aromatic heterocycles. The predicted molar refractivity (Wildman–Crippen MR) is 80.9 cm³/mol. The van der Waals surface area contributed by atoms with Gasteiger partial charge in [0, 0.05) is 25.8 Å². The number of aliphatic hydroxyl groups excluding tert-OH is 1. The van der Waals surface area contributed by atoms with Crippen LogP contribution in [0.1, 0.15) is 29.6 Å². The highest BCUT2D eigenvalue weighted by molar-refractivity contribution is 5.94. The number of esters is 1. The molecule has 3 rings (SSSR count). The van der Waals surface area contributed by atoms with E-state index in [1.165, 1.54) is 19.6 Å². The Labute approximate surface area is 133 Å². The van der Waals surface area contributed by atoms with Crippen molar-refractivity contribution < 1.29 is 19.4 Å². The molecule has 0 radical (unpaired) electrons. The number of aromatic nitrogens is 2. The highest BCUT2D eigenvalue weighted by Gasteiger charge is 2.50. The number of anilines is 1. The van der Waals surface area contributed by atoms with Crippen LogP contribution in [0.25, 0.3) is 0 Å². The van der Waals surface area contributed by atoms with Crippen LogP contribution in [0.5, 0.6) is 0 Å². The molecule has 2 N–H and O–H groups in total. The Balaban J connectivity index is 1.93. The highest BCUT2D eigenvalue weighted by atomic mass is 16.5. The Morgan fingerprint density at radius 2 is 2.39 bits per heavy atom. The van der Waals surface area contributed by atoms with Gasteiger partial charge in [-0.2, -0.15) is 0 Å². The van der Waals surface area contributed by atoms with Crippen LogP contribution in [-0.2, 0) is 9.53 Å². The topological polar surface area (TPSA) is 105 Å². The van der Waals surface area contributed by atoms with Gasteiger partial charge in [-0.05, 0) is 19.3 Å². The number of nitrogens with one attached hydrogen (secondary N) is 1. The minimum atomic E-state index is -0.852. The molecule has 0 unspecified atom stereocenters. The first-order valence-electron chi connectivity index (χ1n) is 7.68. The first kappa shape index (κ1) is 15.7. The summed E-state index contributed by atoms with van der Waals surface area (Å²) in [5, 5.41) is 13.3. The number of carbonyl (C=O) groups is 2. The number of methoxy groups -OCH3 is 1. The van der Waals surface area contributed by atoms with Crippen molar-refractivity contribution in [3.8, 4) is 0 Å². The molecule has 124 valence electrons. The fourth-order valence-corrected chi connectivity index (χ4v) is 3.45. The average molecular weight is 320 g/mol. The molecule has 23 heavy (non-hydrogen) atoms. The molecular weight excluding hydrogens is 300 g/mol. The molecule has 1 spiro atoms. The van der Waals surface area contributed by atoms with Crippen molar-refractivity contribution in [3.05, 3.63) is 18.1 Å². The smallest absolute Gasteiger partial charge is 0.343 e. The third-order valence-corrected chi connectivity index (χ3v) is 4.72. The lowest BCUT2D eigenvalue weighted by Gasteiger charge is -2.47. The fraction of sp³-hybridized carbons (Fsp3) is 0.600. The number of nitrogens with zero attached hydrogens (tertiary/aromatic N) is 3. The van der Waals surface area contributed by atoms with Crippen LogP contribution in [0.4, 0.5) is 5.82 Å². The minimum Gasteiger partial charge on any atom is -0.465 e. The van der Waals surface area contributed by atoms with E-state index in [1.54, 1.807) is 0 Å². The number of hydrogen-bond acceptors (Lipinski definition) is 7. The second kappa shape index (κ2) is 6.11. The van der Waals surface area contributed by atoms with Gasteiger partial charge in [0.2, 0.25) is 5.91 Å². The van der Waals surface area contributed by atoms with Gasteiger partial charge in [0.05, 0.1) is 18.6 Å². The van der Waals surface area contributed by atoms with Crippen molar-refractivity contribution in [2.24, 2.45) is 5.41 Å². The van der Waals surface area contributed by atoms with Crippen molar-refractivity contribution in [3.63, 3.8) is 0 Å². The summed E-state index contributed by atoms with van der Waals surface area (Å²) in [5.41, 5.74) is -0.591. The van der Waals surface area contributed by atoms with E-state index in [0.717, 1.165) is 6.42 Å². The molecular formula is C15H20N4O4. The Kier molecular flexibility index (Phi) is 4.16. The summed E-state index contributed by atoms with van der Waals surface area (Å²) in [4.78, 5) is 34.3. The van der Waals surface area contributed by atoms with Crippen LogP contribution in [0.15, 0.2) is 12.5 Å². The molecule has 0 saturated carbocycles. The molecule has 0 aliphatic carbocycles. The first-order valence-corrected chi connectivity index (χ1v) is 7.68. The largest absolute Gasteiger partial charge is 0.465 e. The highest BCUT2D eigenvalue weighted by Crippen LogP contribution is 2.39. The summed E-state index contributed by atoms with van der Waals surface area (Å²) in [7, 11) is 1.30. The monoisotopic (exact) mass is 320 g/mol. The van der Waals surface area contributed by atoms with E-state index in [4.69, 9.17) is 4.74 Å². The minimum absolute atomic E-state index is 0.130. The van der Waals surface area contributed by atoms with Crippen molar-refractivity contribution in [1.29, 1.82) is 0 Å². The van der Waals surface area contributed by atoms with Gasteiger partial charge >= 0.3 is 5.97 Å². The van der Waals surface area contributed by atoms with Crippen LogP contribution < -0.4 is 10.2 Å². The zero-order chi connectivity index (χ0) is 16.4. The second-order valence-electron chi connectivity index (χ2n) is 5.99. The van der Waals surface area contributed by atoms with E-state index in [1.807, 2.05) is 4.90 Å². The number of hydrogen-bond donors (Lipinski definition) is 2. The summed E-state index contributed by atoms with van der Waals surface area (Å²) < 4.78 is 4.77. The van der Waals surface area contributed by atoms with E-state index in [0.29, 0.717) is 38.3 Å². The van der Waals surface area contributed by atoms with Crippen LogP contribution in [0.2, 0.25) is 0 Å². The standard InChI is InChI=1S/C15H20N4O4/c1-23-13(21)10-7-16-9-18-12(10)19-6-3-11(20)15(8-19)4-2-5-17-14(15)22/h7,9,11,20H,2-6,8H2,1H3,(H,17,22)/t11-,15+/m0/s1. The van der Waals surface area contributed by atoms with E-state index in [2.05, 4.69) is 15.3 Å². The molecule has 1 amide bonds. The summed E-state index contributed by atoms with van der Waals surface area (Å²) >= 11 is 0. The molecule has 3 heterocycles. The normalized spacial score (nSPS) is 27.7. The predicted octanol–water partition coefficient (Wildman–Crippen LogP) is -0.269. The van der Waals surface area contributed by atoms with E-state index < -0.39 is 17.5 Å². The summed E-state index contributed by atoms with van der Waals surface area (Å²) in [6.45, 7) is 1.46. The molecule has 8 heteroatoms. The van der Waals surface area contributed by atoms with Gasteiger partial charge < -0.3 is 20.1 Å². The van der Waals surface area contributed by atoms with Crippen LogP contribution in [0.3, 0.4) is 0 Å². The summed E-state index contributed by atoms with van der Waals surface area (Å²) in [5.74, 6) is -0.208. The number of amides is 1. The van der Waals surface area contributed by atoms with E-state index in [-0.39, 0.29) is 11.5 Å². The van der Waals surface area contributed by atoms with Crippen LogP contribution in [-0.4, -0.2) is 59.8 Å². The van der Waals surface area contributed by atoms with E-state index in [9.17, 15) is 14.7 Å². The molecule has 2 fully saturated rings. The number of rotatable bonds is 2. The maximum atomic E-state index is 12.4. The number of aliphatic hydroxyl groups is 1. The van der Waals surface area contributed by atoms with Crippen molar-refractivity contribution in [2.75, 3.05) is 31.6 Å². The van der Waals surface area contributed by atoms with Crippen molar-refractivity contribution >= 4 is 17.7 Å². The maximum Gasteiger partial charge on any atom is 0.343 e. The first-order chi connectivity index (χ1) is 11.1. The number of ether oxygens (including phenoxy) is 1. The number of carbonyl (C=O) groups excluding carboxylic acids is 2. The fourth-order valence-electron chi connectivity index (χ4n) is 3.45. The Bertz CT molecular complexity index is 623. The molecule has 1 aromatic rings. The Morgan fingerprint density at radius 3 is 3.13 bits per heavy atom. The van der Waals surface area contributed by atoms with Gasteiger partial charge in [-0.3, -0.25) is 4.79 Å². The molecule has 8 nitrogen and oxygen atoms in total. The van der Waals surface area contributed by atoms with Gasteiger partial charge in [-0.15, -0.1) is 0 Å². The lowest BCUT2D eigenvalue weighted by Crippen LogP contribution is -2.61. The molecule has 2 saturated heterocycles. The molecule has 0 bridgehead atoms. The lowest BCUT2D eigenvalue weighted by atomic mass is 9.71. The zero-order valence-corrected chi connectivity index (χ0v) is 13.0. The Hall–Kier alpha value is -2.22. The maximum absolute atomic E-state index is 12.4. The van der Waals surface area contributed by atoms with Crippen LogP contribution >= 0.6 is 0 Å². The molecule has 2 aliphatic heterocycles. The molecule has 2 aliphatic rings. The van der Waals surface area contributed by atoms with E-state index >= 15 is 0 Å². The van der Waals surface area contributed by atoms with Crippen molar-refractivity contribution in [2.45, 2.75) is 25.4 Å². The van der Waals surface area contributed by atoms with Crippen LogP contribution in [0, 0.1) is 5.41 Å². The molecule has 0 aromatic carbocycles. The third kappa shape index (κ3) is 2.63. The quantitative estimate of drug-likeness (QED) is 0.723. The van der Waals surface area contributed by atoms with Gasteiger partial charge in [0.25, 0.3) is 0 Å². The average Bonchev–Trinajstić information content (AvgIpc) is 2.59. The number of piperidine rings is 2. The van der Waals surface area contributed by atoms with Gasteiger partial charge in [-0.25, -0.2) is 14.8 Å². The lowest BCUT2D eigenvalue weighted by molar-refractivity contribution is -0.142. The Morgan fingerprint density at radius 1 is 1.57 bits per heavy atom.